The molecule has 4 atom stereocenters. The van der Waals surface area contributed by atoms with Gasteiger partial charge in [-0.25, -0.2) is 0 Å². The monoisotopic (exact) mass is 367 g/mol. The third kappa shape index (κ3) is 4.20. The second kappa shape index (κ2) is 8.46. The van der Waals surface area contributed by atoms with Crippen LogP contribution in [-0.2, 0) is 4.79 Å². The summed E-state index contributed by atoms with van der Waals surface area (Å²) in [4.78, 5) is 12.3. The summed E-state index contributed by atoms with van der Waals surface area (Å²) in [6, 6.07) is 0.244. The third-order valence-corrected chi connectivity index (χ3v) is 6.64. The van der Waals surface area contributed by atoms with E-state index < -0.39 is 5.41 Å². The zero-order valence-corrected chi connectivity index (χ0v) is 18.2. The van der Waals surface area contributed by atoms with Crippen molar-refractivity contribution in [3.8, 4) is 0 Å². The van der Waals surface area contributed by atoms with Gasteiger partial charge in [0.05, 0.1) is 0 Å². The van der Waals surface area contributed by atoms with Gasteiger partial charge in [-0.1, -0.05) is 71.4 Å². The summed E-state index contributed by atoms with van der Waals surface area (Å²) in [5, 5.41) is 3.66. The molecule has 0 saturated carbocycles. The maximum atomic E-state index is 12.3. The summed E-state index contributed by atoms with van der Waals surface area (Å²) >= 11 is 0. The zero-order chi connectivity index (χ0) is 20.2. The maximum absolute atomic E-state index is 12.3. The molecular weight excluding hydrogens is 330 g/mol. The van der Waals surface area contributed by atoms with Crippen molar-refractivity contribution in [1.29, 1.82) is 0 Å². The first-order chi connectivity index (χ1) is 12.7. The molecule has 2 aliphatic rings. The molecule has 2 nitrogen and oxygen atoms in total. The van der Waals surface area contributed by atoms with Crippen LogP contribution in [-0.4, -0.2) is 12.3 Å². The Morgan fingerprint density at radius 1 is 1.33 bits per heavy atom. The molecule has 0 bridgehead atoms. The molecule has 0 saturated heterocycles. The molecule has 0 aromatic rings. The summed E-state index contributed by atoms with van der Waals surface area (Å²) in [6.07, 6.45) is 17.5. The van der Waals surface area contributed by atoms with Crippen molar-refractivity contribution >= 4 is 6.29 Å². The van der Waals surface area contributed by atoms with Crippen molar-refractivity contribution in [1.82, 2.24) is 5.32 Å². The van der Waals surface area contributed by atoms with Crippen molar-refractivity contribution in [3.63, 3.8) is 0 Å². The largest absolute Gasteiger partial charge is 0.379 e. The number of rotatable bonds is 6. The fourth-order valence-corrected chi connectivity index (χ4v) is 4.06. The van der Waals surface area contributed by atoms with Crippen LogP contribution in [0.15, 0.2) is 58.9 Å². The van der Waals surface area contributed by atoms with Crippen LogP contribution in [0.5, 0.6) is 0 Å². The first-order valence-corrected chi connectivity index (χ1v) is 10.5. The minimum Gasteiger partial charge on any atom is -0.379 e. The van der Waals surface area contributed by atoms with Crippen LogP contribution < -0.4 is 5.32 Å². The molecule has 148 valence electrons. The van der Waals surface area contributed by atoms with E-state index in [1.165, 1.54) is 16.7 Å². The first kappa shape index (κ1) is 21.5. The van der Waals surface area contributed by atoms with Crippen LogP contribution in [0.25, 0.3) is 0 Å². The molecule has 2 rings (SSSR count). The summed E-state index contributed by atoms with van der Waals surface area (Å²) in [5.74, 6) is 0.517. The quantitative estimate of drug-likeness (QED) is 0.559. The molecule has 0 spiro atoms. The van der Waals surface area contributed by atoms with Crippen LogP contribution in [0, 0.1) is 16.7 Å². The number of hydrogen-bond donors (Lipinski definition) is 1. The highest BCUT2D eigenvalue weighted by atomic mass is 16.1. The third-order valence-electron chi connectivity index (χ3n) is 6.64. The van der Waals surface area contributed by atoms with Gasteiger partial charge in [0.1, 0.15) is 6.29 Å². The van der Waals surface area contributed by atoms with E-state index in [0.717, 1.165) is 31.2 Å². The van der Waals surface area contributed by atoms with Crippen LogP contribution >= 0.6 is 0 Å². The average Bonchev–Trinajstić information content (AvgIpc) is 2.82. The Morgan fingerprint density at radius 3 is 2.59 bits per heavy atom. The normalized spacial score (nSPS) is 28.6. The molecule has 4 unspecified atom stereocenters. The molecule has 1 heterocycles. The van der Waals surface area contributed by atoms with E-state index in [1.54, 1.807) is 0 Å². The Hall–Kier alpha value is -1.83. The minimum absolute atomic E-state index is 0.0438. The Morgan fingerprint density at radius 2 is 2.04 bits per heavy atom. The Balaban J connectivity index is 2.85. The number of hydrogen-bond acceptors (Lipinski definition) is 2. The number of aldehydes is 1. The van der Waals surface area contributed by atoms with E-state index in [4.69, 9.17) is 0 Å². The summed E-state index contributed by atoms with van der Waals surface area (Å²) in [7, 11) is 0. The lowest BCUT2D eigenvalue weighted by Gasteiger charge is -2.36. The Kier molecular flexibility index (Phi) is 6.72. The fourth-order valence-electron chi connectivity index (χ4n) is 4.06. The predicted molar refractivity (Wildman–Crippen MR) is 116 cm³/mol. The summed E-state index contributed by atoms with van der Waals surface area (Å²) in [5.41, 5.74) is 4.24. The van der Waals surface area contributed by atoms with Gasteiger partial charge in [0.2, 0.25) is 0 Å². The van der Waals surface area contributed by atoms with Gasteiger partial charge in [-0.3, -0.25) is 0 Å². The van der Waals surface area contributed by atoms with E-state index in [-0.39, 0.29) is 11.5 Å². The van der Waals surface area contributed by atoms with E-state index in [1.807, 2.05) is 0 Å². The number of nitrogens with one attached hydrogen (secondary N) is 1. The molecule has 0 fully saturated rings. The molecule has 0 aromatic carbocycles. The molecule has 1 N–H and O–H groups in total. The smallest absolute Gasteiger partial charge is 0.130 e. The lowest BCUT2D eigenvalue weighted by Crippen LogP contribution is -2.32. The highest BCUT2D eigenvalue weighted by molar-refractivity contribution is 5.72. The van der Waals surface area contributed by atoms with Gasteiger partial charge in [-0.2, -0.15) is 0 Å². The molecule has 0 amide bonds. The predicted octanol–water partition coefficient (Wildman–Crippen LogP) is 6.29. The zero-order valence-electron chi connectivity index (χ0n) is 18.2. The number of fused-ring (bicyclic) bond motifs is 1. The highest BCUT2D eigenvalue weighted by Gasteiger charge is 2.36. The van der Waals surface area contributed by atoms with Gasteiger partial charge in [0.25, 0.3) is 0 Å². The second-order valence-corrected chi connectivity index (χ2v) is 8.61. The van der Waals surface area contributed by atoms with Crippen LogP contribution in [0.4, 0.5) is 0 Å². The van der Waals surface area contributed by atoms with E-state index >= 15 is 0 Å². The Labute approximate surface area is 166 Å². The second-order valence-electron chi connectivity index (χ2n) is 8.61. The molecule has 0 radical (unpaired) electrons. The van der Waals surface area contributed by atoms with Crippen molar-refractivity contribution < 1.29 is 4.79 Å². The topological polar surface area (TPSA) is 29.1 Å². The van der Waals surface area contributed by atoms with Gasteiger partial charge in [0, 0.05) is 22.6 Å². The van der Waals surface area contributed by atoms with Crippen molar-refractivity contribution in [2.45, 2.75) is 73.8 Å². The SMILES string of the molecule is CCC1=C(C(C)(C=O)CC)C2=CC(C)(C(C)CC)C=CC=C2NC(C)C=C1. The van der Waals surface area contributed by atoms with E-state index in [0.29, 0.717) is 5.92 Å². The van der Waals surface area contributed by atoms with Crippen LogP contribution in [0.2, 0.25) is 0 Å². The summed E-state index contributed by atoms with van der Waals surface area (Å²) < 4.78 is 0. The van der Waals surface area contributed by atoms with Gasteiger partial charge in [0.15, 0.2) is 0 Å². The van der Waals surface area contributed by atoms with E-state index in [2.05, 4.69) is 90.2 Å². The lowest BCUT2D eigenvalue weighted by molar-refractivity contribution is -0.113. The van der Waals surface area contributed by atoms with Crippen molar-refractivity contribution in [3.05, 3.63) is 58.9 Å². The number of carbonyl (C=O) groups excluding carboxylic acids is 1. The standard InChI is InChI=1S/C25H37NO/c1-8-18(4)25(7)15-11-12-22-21(16-25)23(24(6,10-3)17-27)20(9-2)14-13-19(5)26-22/h11-19,26H,8-10H2,1-7H3. The molecule has 1 aliphatic heterocycles. The van der Waals surface area contributed by atoms with Crippen LogP contribution in [0.3, 0.4) is 0 Å². The van der Waals surface area contributed by atoms with Crippen LogP contribution in [0.1, 0.15) is 67.7 Å². The Bertz CT molecular complexity index is 721. The summed E-state index contributed by atoms with van der Waals surface area (Å²) in [6.45, 7) is 15.4. The lowest BCUT2D eigenvalue weighted by atomic mass is 9.69. The van der Waals surface area contributed by atoms with Gasteiger partial charge in [-0.15, -0.1) is 0 Å². The number of allylic oxidation sites excluding steroid dienone is 7. The molecule has 0 aromatic heterocycles. The highest BCUT2D eigenvalue weighted by Crippen LogP contribution is 2.45. The molecule has 1 aliphatic carbocycles. The van der Waals surface area contributed by atoms with Gasteiger partial charge < -0.3 is 10.1 Å². The maximum Gasteiger partial charge on any atom is 0.130 e. The van der Waals surface area contributed by atoms with Gasteiger partial charge >= 0.3 is 0 Å². The number of carbonyl (C=O) groups is 1. The van der Waals surface area contributed by atoms with Crippen molar-refractivity contribution in [2.24, 2.45) is 16.7 Å². The molecular formula is C25H37NO. The first-order valence-electron chi connectivity index (χ1n) is 10.5. The van der Waals surface area contributed by atoms with Crippen molar-refractivity contribution in [2.75, 3.05) is 0 Å². The molecule has 2 heteroatoms. The van der Waals surface area contributed by atoms with Gasteiger partial charge in [-0.05, 0) is 55.4 Å². The minimum atomic E-state index is -0.496. The average molecular weight is 368 g/mol. The molecule has 27 heavy (non-hydrogen) atoms. The van der Waals surface area contributed by atoms with E-state index in [9.17, 15) is 4.79 Å². The fraction of sp³-hybridized carbons (Fsp3) is 0.560.